The van der Waals surface area contributed by atoms with Crippen molar-refractivity contribution in [1.82, 2.24) is 20.1 Å². The van der Waals surface area contributed by atoms with Crippen LogP contribution in [-0.2, 0) is 4.79 Å². The smallest absolute Gasteiger partial charge is 0.256 e. The molecule has 0 saturated heterocycles. The minimum atomic E-state index is -0.192. The van der Waals surface area contributed by atoms with Crippen molar-refractivity contribution in [2.24, 2.45) is 17.8 Å². The quantitative estimate of drug-likeness (QED) is 0.472. The standard InChI is InChI=1S/C27H29N5O2S/c33-25(31-27-12-18-9-19(13-27)11-20(10-18)14-27)15-35-24-4-2-1-3-23(24)26(34)30-21-5-7-22(8-6-21)32-17-28-16-29-32/h1-8,16-20H,9-15H2,(H,30,34)(H,31,33). The normalized spacial score (nSPS) is 26.5. The van der Waals surface area contributed by atoms with Crippen molar-refractivity contribution in [3.63, 3.8) is 0 Å². The van der Waals surface area contributed by atoms with E-state index in [-0.39, 0.29) is 17.4 Å². The first kappa shape index (κ1) is 22.3. The van der Waals surface area contributed by atoms with Crippen LogP contribution < -0.4 is 10.6 Å². The summed E-state index contributed by atoms with van der Waals surface area (Å²) >= 11 is 1.43. The number of nitrogens with one attached hydrogen (secondary N) is 2. The van der Waals surface area contributed by atoms with Crippen molar-refractivity contribution >= 4 is 29.3 Å². The number of hydrogen-bond donors (Lipinski definition) is 2. The average Bonchev–Trinajstić information content (AvgIpc) is 3.37. The zero-order valence-corrected chi connectivity index (χ0v) is 20.3. The van der Waals surface area contributed by atoms with Gasteiger partial charge < -0.3 is 10.6 Å². The Labute approximate surface area is 209 Å². The van der Waals surface area contributed by atoms with Gasteiger partial charge in [0.15, 0.2) is 0 Å². The number of nitrogens with zero attached hydrogens (tertiary/aromatic N) is 3. The Balaban J connectivity index is 1.08. The summed E-state index contributed by atoms with van der Waals surface area (Å²) < 4.78 is 1.66. The Morgan fingerprint density at radius 1 is 0.971 bits per heavy atom. The summed E-state index contributed by atoms with van der Waals surface area (Å²) in [4.78, 5) is 30.8. The highest BCUT2D eigenvalue weighted by molar-refractivity contribution is 8.00. The van der Waals surface area contributed by atoms with Crippen LogP contribution in [0.4, 0.5) is 5.69 Å². The van der Waals surface area contributed by atoms with Crippen LogP contribution in [-0.4, -0.2) is 37.9 Å². The van der Waals surface area contributed by atoms with E-state index in [1.54, 1.807) is 17.1 Å². The van der Waals surface area contributed by atoms with E-state index in [0.717, 1.165) is 47.6 Å². The van der Waals surface area contributed by atoms with Gasteiger partial charge >= 0.3 is 0 Å². The summed E-state index contributed by atoms with van der Waals surface area (Å²) in [7, 11) is 0. The topological polar surface area (TPSA) is 88.9 Å². The molecule has 3 aromatic rings. The van der Waals surface area contributed by atoms with Gasteiger partial charge in [0.05, 0.1) is 17.0 Å². The van der Waals surface area contributed by atoms with Gasteiger partial charge in [-0.15, -0.1) is 11.8 Å². The van der Waals surface area contributed by atoms with Gasteiger partial charge in [-0.05, 0) is 92.7 Å². The molecule has 4 aliphatic rings. The molecular weight excluding hydrogens is 458 g/mol. The monoisotopic (exact) mass is 487 g/mol. The van der Waals surface area contributed by atoms with Crippen molar-refractivity contribution in [3.05, 3.63) is 66.7 Å². The van der Waals surface area contributed by atoms with E-state index in [1.165, 1.54) is 37.4 Å². The predicted molar refractivity (Wildman–Crippen MR) is 136 cm³/mol. The molecule has 35 heavy (non-hydrogen) atoms. The van der Waals surface area contributed by atoms with Crippen LogP contribution in [0.5, 0.6) is 0 Å². The molecule has 0 aliphatic heterocycles. The van der Waals surface area contributed by atoms with E-state index in [1.807, 2.05) is 42.5 Å². The lowest BCUT2D eigenvalue weighted by Crippen LogP contribution is -2.60. The Hall–Kier alpha value is -3.13. The third-order valence-electron chi connectivity index (χ3n) is 7.74. The van der Waals surface area contributed by atoms with Crippen LogP contribution in [0.2, 0.25) is 0 Å². The maximum atomic E-state index is 13.0. The highest BCUT2D eigenvalue weighted by Crippen LogP contribution is 2.55. The Kier molecular flexibility index (Phi) is 5.84. The Morgan fingerprint density at radius 2 is 1.66 bits per heavy atom. The molecule has 7 nitrogen and oxygen atoms in total. The molecule has 1 heterocycles. The average molecular weight is 488 g/mol. The fourth-order valence-corrected chi connectivity index (χ4v) is 7.61. The Bertz CT molecular complexity index is 1190. The van der Waals surface area contributed by atoms with Gasteiger partial charge in [0.1, 0.15) is 12.7 Å². The van der Waals surface area contributed by atoms with Crippen LogP contribution in [0.1, 0.15) is 48.9 Å². The second-order valence-electron chi connectivity index (χ2n) is 10.4. The highest BCUT2D eigenvalue weighted by Gasteiger charge is 2.51. The maximum Gasteiger partial charge on any atom is 0.256 e. The van der Waals surface area contributed by atoms with Crippen LogP contribution >= 0.6 is 11.8 Å². The van der Waals surface area contributed by atoms with Crippen LogP contribution in [0.25, 0.3) is 5.69 Å². The van der Waals surface area contributed by atoms with E-state index in [0.29, 0.717) is 17.0 Å². The fraction of sp³-hybridized carbons (Fsp3) is 0.407. The number of hydrogen-bond acceptors (Lipinski definition) is 5. The largest absolute Gasteiger partial charge is 0.350 e. The first-order valence-electron chi connectivity index (χ1n) is 12.3. The van der Waals surface area contributed by atoms with E-state index < -0.39 is 0 Å². The van der Waals surface area contributed by atoms with E-state index >= 15 is 0 Å². The second kappa shape index (κ2) is 9.15. The zero-order valence-electron chi connectivity index (χ0n) is 19.5. The molecule has 4 saturated carbocycles. The molecule has 2 amide bonds. The third-order valence-corrected chi connectivity index (χ3v) is 8.82. The number of aromatic nitrogens is 3. The predicted octanol–water partition coefficient (Wildman–Crippen LogP) is 4.70. The Morgan fingerprint density at radius 3 is 2.31 bits per heavy atom. The van der Waals surface area contributed by atoms with Gasteiger partial charge in [-0.3, -0.25) is 9.59 Å². The molecular formula is C27H29N5O2S. The first-order chi connectivity index (χ1) is 17.1. The molecule has 4 aliphatic carbocycles. The lowest BCUT2D eigenvalue weighted by Gasteiger charge is -2.56. The molecule has 0 radical (unpaired) electrons. The molecule has 2 N–H and O–H groups in total. The maximum absolute atomic E-state index is 13.0. The van der Waals surface area contributed by atoms with Crippen molar-refractivity contribution in [2.75, 3.05) is 11.1 Å². The molecule has 0 unspecified atom stereocenters. The molecule has 0 spiro atoms. The summed E-state index contributed by atoms with van der Waals surface area (Å²) in [5.74, 6) is 2.59. The number of amides is 2. The molecule has 1 aromatic heterocycles. The summed E-state index contributed by atoms with van der Waals surface area (Å²) in [6.07, 6.45) is 10.6. The number of carbonyl (C=O) groups excluding carboxylic acids is 2. The minimum absolute atomic E-state index is 0.0156. The number of rotatable bonds is 7. The summed E-state index contributed by atoms with van der Waals surface area (Å²) in [6, 6.07) is 14.9. The number of benzene rings is 2. The lowest BCUT2D eigenvalue weighted by atomic mass is 9.53. The molecule has 0 atom stereocenters. The third kappa shape index (κ3) is 4.72. The fourth-order valence-electron chi connectivity index (χ4n) is 6.76. The van der Waals surface area contributed by atoms with Crippen LogP contribution in [0, 0.1) is 17.8 Å². The SMILES string of the molecule is O=C(CSc1ccccc1C(=O)Nc1ccc(-n2cncn2)cc1)NC12CC3CC(CC(C3)C1)C2. The minimum Gasteiger partial charge on any atom is -0.350 e. The van der Waals surface area contributed by atoms with Gasteiger partial charge in [0.2, 0.25) is 5.91 Å². The zero-order chi connectivity index (χ0) is 23.8. The van der Waals surface area contributed by atoms with Gasteiger partial charge in [0, 0.05) is 16.1 Å². The molecule has 2 aromatic carbocycles. The van der Waals surface area contributed by atoms with Crippen LogP contribution in [0.3, 0.4) is 0 Å². The second-order valence-corrected chi connectivity index (χ2v) is 11.4. The van der Waals surface area contributed by atoms with Crippen molar-refractivity contribution < 1.29 is 9.59 Å². The number of anilines is 1. The summed E-state index contributed by atoms with van der Waals surface area (Å²) in [5, 5.41) is 10.5. The highest BCUT2D eigenvalue weighted by atomic mass is 32.2. The summed E-state index contributed by atoms with van der Waals surface area (Å²) in [5.41, 5.74) is 2.14. The number of thioether (sulfide) groups is 1. The molecule has 4 bridgehead atoms. The summed E-state index contributed by atoms with van der Waals surface area (Å²) in [6.45, 7) is 0. The van der Waals surface area contributed by atoms with Gasteiger partial charge in [-0.2, -0.15) is 5.10 Å². The number of carbonyl (C=O) groups is 2. The van der Waals surface area contributed by atoms with E-state index in [4.69, 9.17) is 0 Å². The molecule has 180 valence electrons. The van der Waals surface area contributed by atoms with Gasteiger partial charge in [-0.1, -0.05) is 12.1 Å². The van der Waals surface area contributed by atoms with Crippen molar-refractivity contribution in [1.29, 1.82) is 0 Å². The van der Waals surface area contributed by atoms with E-state index in [2.05, 4.69) is 20.7 Å². The van der Waals surface area contributed by atoms with Gasteiger partial charge in [0.25, 0.3) is 5.91 Å². The molecule has 7 rings (SSSR count). The van der Waals surface area contributed by atoms with E-state index in [9.17, 15) is 9.59 Å². The molecule has 8 heteroatoms. The molecule has 4 fully saturated rings. The van der Waals surface area contributed by atoms with Crippen LogP contribution in [0.15, 0.2) is 66.1 Å². The van der Waals surface area contributed by atoms with Gasteiger partial charge in [-0.25, -0.2) is 9.67 Å². The first-order valence-corrected chi connectivity index (χ1v) is 13.3. The van der Waals surface area contributed by atoms with Crippen molar-refractivity contribution in [2.45, 2.75) is 49.0 Å². The lowest BCUT2D eigenvalue weighted by molar-refractivity contribution is -0.124. The van der Waals surface area contributed by atoms with Crippen molar-refractivity contribution in [3.8, 4) is 5.69 Å².